The van der Waals surface area contributed by atoms with Crippen LogP contribution >= 0.6 is 0 Å². The molecule has 30 heavy (non-hydrogen) atoms. The first-order valence-electron chi connectivity index (χ1n) is 11.5. The molecule has 0 atom stereocenters. The number of phenolic OH excluding ortho intramolecular Hbond substituents is 1. The molecular formula is C26H34N2O2. The van der Waals surface area contributed by atoms with E-state index in [9.17, 15) is 5.11 Å². The number of hydrogen-bond acceptors (Lipinski definition) is 4. The molecule has 3 rings (SSSR count). The Balaban J connectivity index is 1.40. The first-order chi connectivity index (χ1) is 14.8. The Hall–Kier alpha value is -2.62. The van der Waals surface area contributed by atoms with E-state index in [1.54, 1.807) is 18.3 Å². The van der Waals surface area contributed by atoms with E-state index in [1.165, 1.54) is 57.8 Å². The zero-order valence-electron chi connectivity index (χ0n) is 18.1. The molecule has 160 valence electrons. The van der Waals surface area contributed by atoms with E-state index >= 15 is 0 Å². The van der Waals surface area contributed by atoms with Crippen LogP contribution in [0.25, 0.3) is 22.2 Å². The van der Waals surface area contributed by atoms with Gasteiger partial charge in [0.1, 0.15) is 5.75 Å². The molecule has 1 heterocycles. The SMILES string of the molecule is CCCCCCCCCCCCOc1ccnc(-c2ccc3cc(O)ccc3c2)n1. The first kappa shape index (κ1) is 22.1. The van der Waals surface area contributed by atoms with Crippen molar-refractivity contribution in [1.82, 2.24) is 9.97 Å². The highest BCUT2D eigenvalue weighted by atomic mass is 16.5. The third-order valence-electron chi connectivity index (χ3n) is 5.46. The maximum atomic E-state index is 9.61. The van der Waals surface area contributed by atoms with E-state index in [0.29, 0.717) is 18.3 Å². The minimum absolute atomic E-state index is 0.272. The summed E-state index contributed by atoms with van der Waals surface area (Å²) in [5.41, 5.74) is 0.942. The molecule has 0 aliphatic carbocycles. The smallest absolute Gasteiger partial charge is 0.216 e. The summed E-state index contributed by atoms with van der Waals surface area (Å²) in [6.45, 7) is 2.96. The second kappa shape index (κ2) is 12.2. The summed E-state index contributed by atoms with van der Waals surface area (Å²) in [6, 6.07) is 13.2. The number of fused-ring (bicyclic) bond motifs is 1. The fourth-order valence-electron chi connectivity index (χ4n) is 3.70. The van der Waals surface area contributed by atoms with Gasteiger partial charge in [-0.3, -0.25) is 0 Å². The second-order valence-electron chi connectivity index (χ2n) is 8.00. The predicted octanol–water partition coefficient (Wildman–Crippen LogP) is 7.30. The van der Waals surface area contributed by atoms with Gasteiger partial charge in [0.05, 0.1) is 6.61 Å². The van der Waals surface area contributed by atoms with Crippen LogP contribution in [0.4, 0.5) is 0 Å². The topological polar surface area (TPSA) is 55.2 Å². The monoisotopic (exact) mass is 406 g/mol. The average molecular weight is 407 g/mol. The highest BCUT2D eigenvalue weighted by Crippen LogP contribution is 2.25. The Morgan fingerprint density at radius 1 is 0.767 bits per heavy atom. The molecule has 1 N–H and O–H groups in total. The van der Waals surface area contributed by atoms with Gasteiger partial charge in [0.2, 0.25) is 5.88 Å². The van der Waals surface area contributed by atoms with Crippen molar-refractivity contribution in [3.8, 4) is 23.0 Å². The highest BCUT2D eigenvalue weighted by molar-refractivity contribution is 5.87. The molecule has 0 aliphatic rings. The number of ether oxygens (including phenoxy) is 1. The quantitative estimate of drug-likeness (QED) is 0.302. The van der Waals surface area contributed by atoms with Gasteiger partial charge >= 0.3 is 0 Å². The van der Waals surface area contributed by atoms with Crippen LogP contribution in [0.2, 0.25) is 0 Å². The number of aromatic hydroxyl groups is 1. The van der Waals surface area contributed by atoms with Crippen molar-refractivity contribution in [3.63, 3.8) is 0 Å². The van der Waals surface area contributed by atoms with Gasteiger partial charge in [-0.1, -0.05) is 82.9 Å². The molecule has 0 spiro atoms. The standard InChI is InChI=1S/C26H34N2O2/c1-2-3-4-5-6-7-8-9-10-11-18-30-25-16-17-27-26(28-25)23-13-12-22-20-24(29)15-14-21(22)19-23/h12-17,19-20,29H,2-11,18H2,1H3. The largest absolute Gasteiger partial charge is 0.508 e. The Labute approximate surface area is 180 Å². The molecule has 0 amide bonds. The van der Waals surface area contributed by atoms with Crippen LogP contribution in [0.1, 0.15) is 71.1 Å². The van der Waals surface area contributed by atoms with Crippen LogP contribution in [0.5, 0.6) is 11.6 Å². The van der Waals surface area contributed by atoms with Gasteiger partial charge in [-0.05, 0) is 35.4 Å². The van der Waals surface area contributed by atoms with Crippen LogP contribution in [0.3, 0.4) is 0 Å². The lowest BCUT2D eigenvalue weighted by Gasteiger charge is -2.08. The van der Waals surface area contributed by atoms with Gasteiger partial charge in [0.15, 0.2) is 5.82 Å². The molecule has 0 radical (unpaired) electrons. The molecule has 3 aromatic rings. The molecule has 0 bridgehead atoms. The maximum Gasteiger partial charge on any atom is 0.216 e. The number of unbranched alkanes of at least 4 members (excludes halogenated alkanes) is 9. The molecule has 1 aromatic heterocycles. The fourth-order valence-corrected chi connectivity index (χ4v) is 3.70. The lowest BCUT2D eigenvalue weighted by Crippen LogP contribution is -2.00. The number of nitrogens with zero attached hydrogens (tertiary/aromatic N) is 2. The van der Waals surface area contributed by atoms with Crippen LogP contribution in [0, 0.1) is 0 Å². The summed E-state index contributed by atoms with van der Waals surface area (Å²) in [6.07, 6.45) is 14.9. The molecule has 2 aromatic carbocycles. The Bertz CT molecular complexity index is 910. The van der Waals surface area contributed by atoms with Crippen molar-refractivity contribution >= 4 is 10.8 Å². The van der Waals surface area contributed by atoms with Crippen molar-refractivity contribution in [1.29, 1.82) is 0 Å². The van der Waals surface area contributed by atoms with Gasteiger partial charge in [0, 0.05) is 17.8 Å². The molecular weight excluding hydrogens is 372 g/mol. The fraction of sp³-hybridized carbons (Fsp3) is 0.462. The second-order valence-corrected chi connectivity index (χ2v) is 8.00. The molecule has 0 aliphatic heterocycles. The summed E-state index contributed by atoms with van der Waals surface area (Å²) < 4.78 is 5.86. The molecule has 0 saturated carbocycles. The molecule has 0 unspecified atom stereocenters. The van der Waals surface area contributed by atoms with Crippen molar-refractivity contribution in [3.05, 3.63) is 48.7 Å². The average Bonchev–Trinajstić information content (AvgIpc) is 2.77. The third kappa shape index (κ3) is 7.01. The van der Waals surface area contributed by atoms with Gasteiger partial charge in [-0.25, -0.2) is 4.98 Å². The highest BCUT2D eigenvalue weighted by Gasteiger charge is 2.05. The van der Waals surface area contributed by atoms with Crippen LogP contribution < -0.4 is 4.74 Å². The minimum Gasteiger partial charge on any atom is -0.508 e. The summed E-state index contributed by atoms with van der Waals surface area (Å²) >= 11 is 0. The van der Waals surface area contributed by atoms with Crippen LogP contribution in [0.15, 0.2) is 48.7 Å². The van der Waals surface area contributed by atoms with Crippen LogP contribution in [-0.2, 0) is 0 Å². The lowest BCUT2D eigenvalue weighted by atomic mass is 10.1. The summed E-state index contributed by atoms with van der Waals surface area (Å²) in [7, 11) is 0. The van der Waals surface area contributed by atoms with Crippen molar-refractivity contribution in [2.75, 3.05) is 6.61 Å². The van der Waals surface area contributed by atoms with E-state index < -0.39 is 0 Å². The van der Waals surface area contributed by atoms with E-state index in [-0.39, 0.29) is 5.75 Å². The summed E-state index contributed by atoms with van der Waals surface area (Å²) in [5, 5.41) is 11.7. The minimum atomic E-state index is 0.272. The molecule has 4 nitrogen and oxygen atoms in total. The van der Waals surface area contributed by atoms with Gasteiger partial charge < -0.3 is 9.84 Å². The summed E-state index contributed by atoms with van der Waals surface area (Å²) in [4.78, 5) is 8.97. The molecule has 0 fully saturated rings. The zero-order valence-corrected chi connectivity index (χ0v) is 18.1. The van der Waals surface area contributed by atoms with Crippen LogP contribution in [-0.4, -0.2) is 21.7 Å². The van der Waals surface area contributed by atoms with Gasteiger partial charge in [-0.2, -0.15) is 4.98 Å². The number of rotatable bonds is 13. The molecule has 0 saturated heterocycles. The van der Waals surface area contributed by atoms with Crippen molar-refractivity contribution < 1.29 is 9.84 Å². The van der Waals surface area contributed by atoms with E-state index in [4.69, 9.17) is 4.74 Å². The summed E-state index contributed by atoms with van der Waals surface area (Å²) in [5.74, 6) is 1.56. The lowest BCUT2D eigenvalue weighted by molar-refractivity contribution is 0.293. The van der Waals surface area contributed by atoms with Crippen molar-refractivity contribution in [2.24, 2.45) is 0 Å². The number of aromatic nitrogens is 2. The first-order valence-corrected chi connectivity index (χ1v) is 11.5. The normalized spacial score (nSPS) is 11.1. The number of phenols is 1. The van der Waals surface area contributed by atoms with E-state index in [1.807, 2.05) is 30.3 Å². The maximum absolute atomic E-state index is 9.61. The molecule has 4 heteroatoms. The number of hydrogen-bond donors (Lipinski definition) is 1. The number of benzene rings is 2. The van der Waals surface area contributed by atoms with E-state index in [2.05, 4.69) is 16.9 Å². The van der Waals surface area contributed by atoms with Gasteiger partial charge in [0.25, 0.3) is 0 Å². The van der Waals surface area contributed by atoms with Gasteiger partial charge in [-0.15, -0.1) is 0 Å². The van der Waals surface area contributed by atoms with E-state index in [0.717, 1.165) is 22.8 Å². The predicted molar refractivity (Wildman–Crippen MR) is 124 cm³/mol. The van der Waals surface area contributed by atoms with Crippen molar-refractivity contribution in [2.45, 2.75) is 71.1 Å². The Morgan fingerprint density at radius 2 is 1.43 bits per heavy atom. The Morgan fingerprint density at radius 3 is 2.20 bits per heavy atom. The zero-order chi connectivity index (χ0) is 21.0. The Kier molecular flexibility index (Phi) is 8.95. The third-order valence-corrected chi connectivity index (χ3v) is 5.46.